The SMILES string of the molecule is CC(C)C[C@@H](C(=O)NN1CC(=O)NC1=O)C(C/C=C/c1ccccc1)C(=O)OC(C)(C)C. The first-order chi connectivity index (χ1) is 15.0. The second-order valence-electron chi connectivity index (χ2n) is 9.34. The molecule has 2 N–H and O–H groups in total. The van der Waals surface area contributed by atoms with Crippen LogP contribution in [0.15, 0.2) is 36.4 Å². The van der Waals surface area contributed by atoms with E-state index in [1.807, 2.05) is 56.3 Å². The standard InChI is InChI=1S/C24H33N3O5/c1-16(2)14-19(21(29)26-27-15-20(28)25-23(27)31)18(22(30)32-24(3,4)5)13-9-12-17-10-7-6-8-11-17/h6-12,16,18-19H,13-15H2,1-5H3,(H,26,29)(H,25,28,31)/b12-9+/t18?,19-/m1/s1. The van der Waals surface area contributed by atoms with E-state index in [-0.39, 0.29) is 12.5 Å². The van der Waals surface area contributed by atoms with Crippen LogP contribution in [0.25, 0.3) is 6.08 Å². The third-order valence-electron chi connectivity index (χ3n) is 4.80. The van der Waals surface area contributed by atoms with Crippen LogP contribution in [-0.2, 0) is 19.1 Å². The van der Waals surface area contributed by atoms with E-state index >= 15 is 0 Å². The predicted octanol–water partition coefficient (Wildman–Crippen LogP) is 3.29. The number of nitrogens with zero attached hydrogens (tertiary/aromatic N) is 1. The number of ether oxygens (including phenoxy) is 1. The van der Waals surface area contributed by atoms with Gasteiger partial charge in [0.15, 0.2) is 0 Å². The molecule has 174 valence electrons. The van der Waals surface area contributed by atoms with Crippen molar-refractivity contribution in [1.82, 2.24) is 15.8 Å². The third kappa shape index (κ3) is 7.83. The number of esters is 1. The molecule has 1 aliphatic heterocycles. The Morgan fingerprint density at radius 3 is 2.34 bits per heavy atom. The van der Waals surface area contributed by atoms with Crippen LogP contribution in [0.2, 0.25) is 0 Å². The van der Waals surface area contributed by atoms with Gasteiger partial charge in [-0.2, -0.15) is 0 Å². The summed E-state index contributed by atoms with van der Waals surface area (Å²) in [6.07, 6.45) is 4.46. The van der Waals surface area contributed by atoms with E-state index in [0.717, 1.165) is 10.6 Å². The maximum absolute atomic E-state index is 13.2. The van der Waals surface area contributed by atoms with E-state index in [1.165, 1.54) is 0 Å². The Morgan fingerprint density at radius 1 is 1.16 bits per heavy atom. The molecule has 1 aromatic rings. The van der Waals surface area contributed by atoms with Gasteiger partial charge in [-0.3, -0.25) is 25.1 Å². The number of hydrogen-bond acceptors (Lipinski definition) is 5. The fraction of sp³-hybridized carbons (Fsp3) is 0.500. The highest BCUT2D eigenvalue weighted by molar-refractivity contribution is 6.02. The van der Waals surface area contributed by atoms with Crippen LogP contribution in [0.1, 0.15) is 53.0 Å². The Labute approximate surface area is 189 Å². The number of urea groups is 1. The minimum absolute atomic E-state index is 0.114. The average molecular weight is 444 g/mol. The summed E-state index contributed by atoms with van der Waals surface area (Å²) >= 11 is 0. The Hall–Kier alpha value is -3.16. The van der Waals surface area contributed by atoms with Gasteiger partial charge in [-0.15, -0.1) is 0 Å². The van der Waals surface area contributed by atoms with E-state index in [4.69, 9.17) is 4.74 Å². The van der Waals surface area contributed by atoms with E-state index in [9.17, 15) is 19.2 Å². The van der Waals surface area contributed by atoms with Crippen LogP contribution in [0.3, 0.4) is 0 Å². The van der Waals surface area contributed by atoms with Gasteiger partial charge < -0.3 is 4.74 Å². The highest BCUT2D eigenvalue weighted by Crippen LogP contribution is 2.28. The Bertz CT molecular complexity index is 858. The van der Waals surface area contributed by atoms with Crippen LogP contribution in [0.4, 0.5) is 4.79 Å². The fourth-order valence-electron chi connectivity index (χ4n) is 3.43. The summed E-state index contributed by atoms with van der Waals surface area (Å²) in [7, 11) is 0. The van der Waals surface area contributed by atoms with Crippen LogP contribution >= 0.6 is 0 Å². The first-order valence-electron chi connectivity index (χ1n) is 10.8. The molecule has 1 heterocycles. The summed E-state index contributed by atoms with van der Waals surface area (Å²) in [5.74, 6) is -2.84. The van der Waals surface area contributed by atoms with Crippen molar-refractivity contribution in [2.24, 2.45) is 17.8 Å². The summed E-state index contributed by atoms with van der Waals surface area (Å²) in [6.45, 7) is 8.99. The molecule has 0 radical (unpaired) electrons. The normalized spacial score (nSPS) is 16.2. The van der Waals surface area contributed by atoms with Crippen molar-refractivity contribution in [3.05, 3.63) is 42.0 Å². The lowest BCUT2D eigenvalue weighted by atomic mass is 9.82. The molecule has 2 rings (SSSR count). The molecule has 0 aromatic heterocycles. The second-order valence-corrected chi connectivity index (χ2v) is 9.34. The van der Waals surface area contributed by atoms with Crippen molar-refractivity contribution in [2.75, 3.05) is 6.54 Å². The molecule has 1 aromatic carbocycles. The highest BCUT2D eigenvalue weighted by Gasteiger charge is 2.38. The molecule has 32 heavy (non-hydrogen) atoms. The molecule has 2 atom stereocenters. The number of carbonyl (C=O) groups excluding carboxylic acids is 4. The summed E-state index contributed by atoms with van der Waals surface area (Å²) in [5.41, 5.74) is 2.77. The molecular formula is C24H33N3O5. The van der Waals surface area contributed by atoms with E-state index in [2.05, 4.69) is 10.7 Å². The molecule has 8 nitrogen and oxygen atoms in total. The molecule has 1 fully saturated rings. The fourth-order valence-corrected chi connectivity index (χ4v) is 3.43. The zero-order valence-electron chi connectivity index (χ0n) is 19.4. The van der Waals surface area contributed by atoms with Gasteiger partial charge in [-0.1, -0.05) is 56.3 Å². The molecule has 8 heteroatoms. The number of nitrogens with one attached hydrogen (secondary N) is 2. The van der Waals surface area contributed by atoms with Crippen LogP contribution < -0.4 is 10.7 Å². The summed E-state index contributed by atoms with van der Waals surface area (Å²) in [4.78, 5) is 49.6. The first kappa shape index (κ1) is 25.1. The predicted molar refractivity (Wildman–Crippen MR) is 121 cm³/mol. The largest absolute Gasteiger partial charge is 0.460 e. The summed E-state index contributed by atoms with van der Waals surface area (Å²) < 4.78 is 5.62. The van der Waals surface area contributed by atoms with Crippen molar-refractivity contribution in [1.29, 1.82) is 0 Å². The van der Waals surface area contributed by atoms with Gasteiger partial charge >= 0.3 is 12.0 Å². The van der Waals surface area contributed by atoms with E-state index < -0.39 is 41.3 Å². The minimum atomic E-state index is -0.752. The van der Waals surface area contributed by atoms with E-state index in [1.54, 1.807) is 20.8 Å². The van der Waals surface area contributed by atoms with Crippen molar-refractivity contribution < 1.29 is 23.9 Å². The number of rotatable bonds is 9. The minimum Gasteiger partial charge on any atom is -0.460 e. The number of allylic oxidation sites excluding steroid dienone is 1. The maximum Gasteiger partial charge on any atom is 0.343 e. The van der Waals surface area contributed by atoms with Crippen LogP contribution in [0, 0.1) is 17.8 Å². The van der Waals surface area contributed by atoms with Gasteiger partial charge in [0.05, 0.1) is 11.8 Å². The zero-order valence-corrected chi connectivity index (χ0v) is 19.4. The molecule has 1 aliphatic rings. The Kier molecular flexibility index (Phi) is 8.57. The van der Waals surface area contributed by atoms with E-state index in [0.29, 0.717) is 12.8 Å². The van der Waals surface area contributed by atoms with Gasteiger partial charge in [-0.05, 0) is 45.1 Å². The number of imide groups is 1. The van der Waals surface area contributed by atoms with Crippen LogP contribution in [0.5, 0.6) is 0 Å². The number of carbonyl (C=O) groups is 4. The quantitative estimate of drug-likeness (QED) is 0.450. The van der Waals surface area contributed by atoms with Crippen molar-refractivity contribution in [3.8, 4) is 0 Å². The second kappa shape index (κ2) is 10.9. The molecule has 1 saturated heterocycles. The monoisotopic (exact) mass is 443 g/mol. The smallest absolute Gasteiger partial charge is 0.343 e. The lowest BCUT2D eigenvalue weighted by Gasteiger charge is -2.30. The molecule has 1 unspecified atom stereocenters. The van der Waals surface area contributed by atoms with Crippen LogP contribution in [-0.4, -0.2) is 41.0 Å². The van der Waals surface area contributed by atoms with Gasteiger partial charge in [0.25, 0.3) is 0 Å². The Morgan fingerprint density at radius 2 is 1.81 bits per heavy atom. The van der Waals surface area contributed by atoms with Crippen molar-refractivity contribution in [2.45, 2.75) is 53.1 Å². The summed E-state index contributed by atoms with van der Waals surface area (Å²) in [6, 6.07) is 8.96. The molecular weight excluding hydrogens is 410 g/mol. The first-order valence-corrected chi connectivity index (χ1v) is 10.8. The lowest BCUT2D eigenvalue weighted by Crippen LogP contribution is -2.49. The average Bonchev–Trinajstić information content (AvgIpc) is 2.99. The van der Waals surface area contributed by atoms with Gasteiger partial charge in [-0.25, -0.2) is 9.80 Å². The summed E-state index contributed by atoms with van der Waals surface area (Å²) in [5, 5.41) is 3.05. The lowest BCUT2D eigenvalue weighted by molar-refractivity contribution is -0.164. The zero-order chi connectivity index (χ0) is 23.9. The molecule has 4 amide bonds. The maximum atomic E-state index is 13.2. The molecule has 0 saturated carbocycles. The number of hydrazine groups is 1. The van der Waals surface area contributed by atoms with Crippen molar-refractivity contribution >= 4 is 29.9 Å². The third-order valence-corrected chi connectivity index (χ3v) is 4.80. The van der Waals surface area contributed by atoms with Gasteiger partial charge in [0.1, 0.15) is 12.1 Å². The number of benzene rings is 1. The topological polar surface area (TPSA) is 105 Å². The molecule has 0 bridgehead atoms. The molecule has 0 spiro atoms. The Balaban J connectivity index is 2.27. The molecule has 0 aliphatic carbocycles. The van der Waals surface area contributed by atoms with Crippen molar-refractivity contribution in [3.63, 3.8) is 0 Å². The number of hydrogen-bond donors (Lipinski definition) is 2. The number of amides is 4. The van der Waals surface area contributed by atoms with Gasteiger partial charge in [0, 0.05) is 0 Å². The van der Waals surface area contributed by atoms with Gasteiger partial charge in [0.2, 0.25) is 11.8 Å². The highest BCUT2D eigenvalue weighted by atomic mass is 16.6.